The van der Waals surface area contributed by atoms with Gasteiger partial charge in [-0.15, -0.1) is 0 Å². The monoisotopic (exact) mass is 241 g/mol. The molecule has 0 saturated carbocycles. The summed E-state index contributed by atoms with van der Waals surface area (Å²) in [6.07, 6.45) is 0.102. The highest BCUT2D eigenvalue weighted by atomic mass is 19.1. The van der Waals surface area contributed by atoms with Gasteiger partial charge in [-0.25, -0.2) is 8.78 Å². The number of hydrogen-bond donors (Lipinski definition) is 1. The molecule has 2 heterocycles. The highest BCUT2D eigenvalue weighted by Gasteiger charge is 2.30. The fourth-order valence-electron chi connectivity index (χ4n) is 2.36. The molecule has 1 aromatic rings. The van der Waals surface area contributed by atoms with Gasteiger partial charge in [0.2, 0.25) is 0 Å². The van der Waals surface area contributed by atoms with Gasteiger partial charge in [-0.05, 0) is 0 Å². The standard InChI is InChI=1S/C12H13F2NO2/c13-8-5-9(14)11(10-6-15-2-4-16-10)12-7(8)1-3-17-12/h5,10,15H,1-4,6H2. The summed E-state index contributed by atoms with van der Waals surface area (Å²) in [7, 11) is 0. The van der Waals surface area contributed by atoms with Crippen LogP contribution in [0.5, 0.6) is 5.75 Å². The van der Waals surface area contributed by atoms with E-state index >= 15 is 0 Å². The molecule has 0 amide bonds. The van der Waals surface area contributed by atoms with Gasteiger partial charge in [-0.1, -0.05) is 0 Å². The summed E-state index contributed by atoms with van der Waals surface area (Å²) >= 11 is 0. The number of morpholine rings is 1. The number of rotatable bonds is 1. The van der Waals surface area contributed by atoms with Crippen molar-refractivity contribution in [1.29, 1.82) is 0 Å². The Balaban J connectivity index is 2.06. The van der Waals surface area contributed by atoms with Crippen molar-refractivity contribution in [2.24, 2.45) is 0 Å². The normalized spacial score (nSPS) is 23.3. The van der Waals surface area contributed by atoms with Crippen molar-refractivity contribution in [2.75, 3.05) is 26.3 Å². The van der Waals surface area contributed by atoms with Crippen molar-refractivity contribution in [2.45, 2.75) is 12.5 Å². The van der Waals surface area contributed by atoms with Crippen LogP contribution in [0.1, 0.15) is 17.2 Å². The van der Waals surface area contributed by atoms with E-state index in [1.54, 1.807) is 0 Å². The summed E-state index contributed by atoms with van der Waals surface area (Å²) < 4.78 is 38.2. The Bertz CT molecular complexity index is 445. The van der Waals surface area contributed by atoms with E-state index in [9.17, 15) is 8.78 Å². The Hall–Kier alpha value is -1.20. The Morgan fingerprint density at radius 3 is 2.88 bits per heavy atom. The first-order chi connectivity index (χ1) is 8.27. The fraction of sp³-hybridized carbons (Fsp3) is 0.500. The lowest BCUT2D eigenvalue weighted by Gasteiger charge is -2.25. The minimum absolute atomic E-state index is 0.344. The summed E-state index contributed by atoms with van der Waals surface area (Å²) in [5.41, 5.74) is 0.821. The second kappa shape index (κ2) is 4.23. The average molecular weight is 241 g/mol. The van der Waals surface area contributed by atoms with Gasteiger partial charge in [0.25, 0.3) is 0 Å². The third-order valence-corrected chi connectivity index (χ3v) is 3.17. The highest BCUT2D eigenvalue weighted by molar-refractivity contribution is 5.47. The van der Waals surface area contributed by atoms with E-state index in [4.69, 9.17) is 9.47 Å². The molecule has 0 bridgehead atoms. The predicted octanol–water partition coefficient (Wildman–Crippen LogP) is 1.56. The summed E-state index contributed by atoms with van der Waals surface area (Å²) in [5.74, 6) is -0.768. The molecule has 0 aliphatic carbocycles. The van der Waals surface area contributed by atoms with Crippen LogP contribution < -0.4 is 10.1 Å². The Morgan fingerprint density at radius 1 is 1.24 bits per heavy atom. The summed E-state index contributed by atoms with van der Waals surface area (Å²) in [6.45, 7) is 2.21. The lowest BCUT2D eigenvalue weighted by Crippen LogP contribution is -2.34. The molecule has 1 unspecified atom stereocenters. The van der Waals surface area contributed by atoms with Crippen LogP contribution in [0.15, 0.2) is 6.07 Å². The fourth-order valence-corrected chi connectivity index (χ4v) is 2.36. The number of nitrogens with one attached hydrogen (secondary N) is 1. The Morgan fingerprint density at radius 2 is 2.12 bits per heavy atom. The molecule has 92 valence electrons. The molecule has 1 atom stereocenters. The lowest BCUT2D eigenvalue weighted by molar-refractivity contribution is 0.0239. The highest BCUT2D eigenvalue weighted by Crippen LogP contribution is 2.38. The van der Waals surface area contributed by atoms with E-state index in [2.05, 4.69) is 5.32 Å². The zero-order chi connectivity index (χ0) is 11.8. The molecule has 3 rings (SSSR count). The Kier molecular flexibility index (Phi) is 2.72. The Labute approximate surface area is 97.7 Å². The quantitative estimate of drug-likeness (QED) is 0.809. The average Bonchev–Trinajstić information content (AvgIpc) is 2.79. The van der Waals surface area contributed by atoms with E-state index in [1.165, 1.54) is 0 Å². The molecule has 1 fully saturated rings. The van der Waals surface area contributed by atoms with Gasteiger partial charge < -0.3 is 14.8 Å². The van der Waals surface area contributed by atoms with Gasteiger partial charge in [0.1, 0.15) is 23.5 Å². The number of benzene rings is 1. The van der Waals surface area contributed by atoms with Crippen LogP contribution in [0, 0.1) is 11.6 Å². The summed E-state index contributed by atoms with van der Waals surface area (Å²) in [4.78, 5) is 0. The van der Waals surface area contributed by atoms with Gasteiger partial charge in [-0.3, -0.25) is 0 Å². The first-order valence-corrected chi connectivity index (χ1v) is 5.73. The minimum Gasteiger partial charge on any atom is -0.492 e. The maximum absolute atomic E-state index is 13.9. The van der Waals surface area contributed by atoms with Crippen molar-refractivity contribution in [3.63, 3.8) is 0 Å². The zero-order valence-corrected chi connectivity index (χ0v) is 9.26. The van der Waals surface area contributed by atoms with E-state index in [-0.39, 0.29) is 0 Å². The third-order valence-electron chi connectivity index (χ3n) is 3.17. The van der Waals surface area contributed by atoms with Crippen LogP contribution in [-0.2, 0) is 11.2 Å². The van der Waals surface area contributed by atoms with Crippen molar-refractivity contribution in [3.05, 3.63) is 28.8 Å². The lowest BCUT2D eigenvalue weighted by atomic mass is 10.0. The van der Waals surface area contributed by atoms with Crippen LogP contribution in [0.2, 0.25) is 0 Å². The number of ether oxygens (including phenoxy) is 2. The molecule has 1 saturated heterocycles. The van der Waals surface area contributed by atoms with Gasteiger partial charge in [-0.2, -0.15) is 0 Å². The summed E-state index contributed by atoms with van der Waals surface area (Å²) in [5, 5.41) is 3.13. The first-order valence-electron chi connectivity index (χ1n) is 5.73. The molecule has 1 N–H and O–H groups in total. The van der Waals surface area contributed by atoms with Gasteiger partial charge in [0.15, 0.2) is 0 Å². The minimum atomic E-state index is -0.586. The maximum atomic E-state index is 13.9. The van der Waals surface area contributed by atoms with Crippen molar-refractivity contribution >= 4 is 0 Å². The molecule has 0 spiro atoms. The van der Waals surface area contributed by atoms with Crippen LogP contribution in [0.25, 0.3) is 0 Å². The number of hydrogen-bond acceptors (Lipinski definition) is 3. The molecular weight excluding hydrogens is 228 g/mol. The molecule has 3 nitrogen and oxygen atoms in total. The predicted molar refractivity (Wildman–Crippen MR) is 57.1 cm³/mol. The molecular formula is C12H13F2NO2. The summed E-state index contributed by atoms with van der Waals surface area (Å²) in [6, 6.07) is 0.931. The molecule has 2 aliphatic heterocycles. The van der Waals surface area contributed by atoms with Crippen LogP contribution >= 0.6 is 0 Å². The van der Waals surface area contributed by atoms with E-state index in [0.717, 1.165) is 12.6 Å². The smallest absolute Gasteiger partial charge is 0.135 e. The number of halogens is 2. The molecule has 17 heavy (non-hydrogen) atoms. The van der Waals surface area contributed by atoms with E-state index in [0.29, 0.717) is 43.1 Å². The molecule has 0 aromatic heterocycles. The second-order valence-corrected chi connectivity index (χ2v) is 4.22. The second-order valence-electron chi connectivity index (χ2n) is 4.22. The van der Waals surface area contributed by atoms with Gasteiger partial charge in [0, 0.05) is 31.1 Å². The largest absolute Gasteiger partial charge is 0.492 e. The maximum Gasteiger partial charge on any atom is 0.135 e. The molecule has 1 aromatic carbocycles. The molecule has 2 aliphatic rings. The van der Waals surface area contributed by atoms with Gasteiger partial charge in [0.05, 0.1) is 18.8 Å². The first kappa shape index (κ1) is 10.9. The van der Waals surface area contributed by atoms with Crippen LogP contribution in [-0.4, -0.2) is 26.3 Å². The third kappa shape index (κ3) is 1.79. The number of fused-ring (bicyclic) bond motifs is 1. The van der Waals surface area contributed by atoms with Crippen molar-refractivity contribution in [3.8, 4) is 5.75 Å². The van der Waals surface area contributed by atoms with E-state index in [1.807, 2.05) is 0 Å². The van der Waals surface area contributed by atoms with Crippen LogP contribution in [0.4, 0.5) is 8.78 Å². The van der Waals surface area contributed by atoms with Crippen LogP contribution in [0.3, 0.4) is 0 Å². The van der Waals surface area contributed by atoms with E-state index < -0.39 is 17.7 Å². The van der Waals surface area contributed by atoms with Crippen molar-refractivity contribution in [1.82, 2.24) is 5.32 Å². The topological polar surface area (TPSA) is 30.5 Å². The zero-order valence-electron chi connectivity index (χ0n) is 9.26. The molecule has 0 radical (unpaired) electrons. The van der Waals surface area contributed by atoms with Crippen molar-refractivity contribution < 1.29 is 18.3 Å². The SMILES string of the molecule is Fc1cc(F)c(C2CNCCO2)c2c1CCO2. The molecule has 5 heteroatoms. The van der Waals surface area contributed by atoms with Gasteiger partial charge >= 0.3 is 0 Å².